The molecule has 0 aliphatic heterocycles. The maximum Gasteiger partial charge on any atom is 0.143 e. The quantitative estimate of drug-likeness (QED) is 0.174. The largest absolute Gasteiger partial charge is 0.455 e. The van der Waals surface area contributed by atoms with E-state index < -0.39 is 0 Å². The number of furan rings is 1. The number of rotatable bonds is 6. The Hall–Kier alpha value is -6.64. The van der Waals surface area contributed by atoms with Gasteiger partial charge in [0.2, 0.25) is 0 Å². The highest BCUT2D eigenvalue weighted by molar-refractivity contribution is 6.10. The Morgan fingerprint density at radius 3 is 1.64 bits per heavy atom. The second-order valence-electron chi connectivity index (χ2n) is 14.6. The number of anilines is 3. The van der Waals surface area contributed by atoms with E-state index in [9.17, 15) is 0 Å². The van der Waals surface area contributed by atoms with Crippen molar-refractivity contribution < 1.29 is 4.42 Å². The summed E-state index contributed by atoms with van der Waals surface area (Å²) in [6.45, 7) is 4.67. The van der Waals surface area contributed by atoms with Crippen molar-refractivity contribution in [1.82, 2.24) is 0 Å². The van der Waals surface area contributed by atoms with Crippen molar-refractivity contribution in [2.24, 2.45) is 0 Å². The average Bonchev–Trinajstić information content (AvgIpc) is 3.70. The molecule has 0 unspecified atom stereocenters. The molecule has 2 heteroatoms. The molecule has 10 rings (SSSR count). The standard InChI is InChI=1S/C51H37NO/c1-51(2)47-19-10-9-16-43(47)45-33-41(29-30-48(45)51)52(39-25-20-35(21-26-39)34-12-5-3-6-13-34)40-27-22-36(23-28-40)38-24-31-49-46(32-38)44-18-11-17-42(50(44)53-49)37-14-7-4-8-15-37/h3-33H,1-2H3. The summed E-state index contributed by atoms with van der Waals surface area (Å²) in [6.07, 6.45) is 0. The summed E-state index contributed by atoms with van der Waals surface area (Å²) in [7, 11) is 0. The SMILES string of the molecule is CC1(C)c2ccccc2-c2cc(N(c3ccc(-c4ccccc4)cc3)c3ccc(-c4ccc5oc6c(-c7ccccc7)cccc6c5c4)cc3)ccc21. The molecule has 252 valence electrons. The number of benzene rings is 8. The van der Waals surface area contributed by atoms with E-state index in [0.29, 0.717) is 0 Å². The fourth-order valence-corrected chi connectivity index (χ4v) is 8.35. The molecular formula is C51H37NO. The number of para-hydroxylation sites is 1. The Balaban J connectivity index is 1.06. The van der Waals surface area contributed by atoms with Crippen molar-refractivity contribution in [2.75, 3.05) is 4.90 Å². The molecule has 0 fully saturated rings. The van der Waals surface area contributed by atoms with Gasteiger partial charge in [0.15, 0.2) is 0 Å². The maximum atomic E-state index is 6.47. The minimum absolute atomic E-state index is 0.0429. The van der Waals surface area contributed by atoms with Gasteiger partial charge in [0.1, 0.15) is 11.2 Å². The fourth-order valence-electron chi connectivity index (χ4n) is 8.35. The summed E-state index contributed by atoms with van der Waals surface area (Å²) in [6, 6.07) is 67.8. The van der Waals surface area contributed by atoms with Gasteiger partial charge < -0.3 is 9.32 Å². The van der Waals surface area contributed by atoms with Crippen LogP contribution in [0.2, 0.25) is 0 Å². The normalized spacial score (nSPS) is 12.9. The van der Waals surface area contributed by atoms with Crippen LogP contribution in [0.5, 0.6) is 0 Å². The van der Waals surface area contributed by atoms with Crippen LogP contribution in [0.25, 0.3) is 66.4 Å². The lowest BCUT2D eigenvalue weighted by Crippen LogP contribution is -2.15. The van der Waals surface area contributed by atoms with Crippen molar-refractivity contribution in [3.05, 3.63) is 199 Å². The molecule has 0 radical (unpaired) electrons. The molecule has 0 atom stereocenters. The Kier molecular flexibility index (Phi) is 7.19. The molecule has 1 aliphatic carbocycles. The van der Waals surface area contributed by atoms with Crippen LogP contribution in [-0.2, 0) is 5.41 Å². The molecule has 1 aromatic heterocycles. The lowest BCUT2D eigenvalue weighted by molar-refractivity contribution is 0.660. The van der Waals surface area contributed by atoms with Crippen LogP contribution in [0.3, 0.4) is 0 Å². The molecule has 0 bridgehead atoms. The minimum Gasteiger partial charge on any atom is -0.455 e. The molecular weight excluding hydrogens is 643 g/mol. The topological polar surface area (TPSA) is 16.4 Å². The van der Waals surface area contributed by atoms with Crippen molar-refractivity contribution >= 4 is 39.0 Å². The minimum atomic E-state index is -0.0429. The lowest BCUT2D eigenvalue weighted by Gasteiger charge is -2.27. The third-order valence-corrected chi connectivity index (χ3v) is 11.1. The zero-order chi connectivity index (χ0) is 35.5. The van der Waals surface area contributed by atoms with Gasteiger partial charge in [-0.3, -0.25) is 0 Å². The van der Waals surface area contributed by atoms with Gasteiger partial charge in [0, 0.05) is 38.8 Å². The van der Waals surface area contributed by atoms with Gasteiger partial charge in [-0.15, -0.1) is 0 Å². The zero-order valence-electron chi connectivity index (χ0n) is 29.8. The van der Waals surface area contributed by atoms with Crippen LogP contribution in [-0.4, -0.2) is 0 Å². The number of hydrogen-bond donors (Lipinski definition) is 0. The molecule has 0 amide bonds. The highest BCUT2D eigenvalue weighted by Crippen LogP contribution is 2.50. The third-order valence-electron chi connectivity index (χ3n) is 11.1. The first-order chi connectivity index (χ1) is 26.0. The van der Waals surface area contributed by atoms with E-state index in [1.165, 1.54) is 33.4 Å². The molecule has 2 nitrogen and oxygen atoms in total. The Morgan fingerprint density at radius 1 is 0.377 bits per heavy atom. The molecule has 0 saturated carbocycles. The van der Waals surface area contributed by atoms with E-state index in [1.54, 1.807) is 0 Å². The highest BCUT2D eigenvalue weighted by atomic mass is 16.3. The predicted octanol–water partition coefficient (Wildman–Crippen LogP) is 14.4. The van der Waals surface area contributed by atoms with Crippen LogP contribution < -0.4 is 4.90 Å². The van der Waals surface area contributed by atoms with E-state index in [0.717, 1.165) is 61.3 Å². The lowest BCUT2D eigenvalue weighted by atomic mass is 9.82. The van der Waals surface area contributed by atoms with Crippen molar-refractivity contribution in [3.8, 4) is 44.5 Å². The summed E-state index contributed by atoms with van der Waals surface area (Å²) in [4.78, 5) is 2.38. The van der Waals surface area contributed by atoms with Gasteiger partial charge in [-0.1, -0.05) is 153 Å². The number of nitrogens with zero attached hydrogens (tertiary/aromatic N) is 1. The van der Waals surface area contributed by atoms with Crippen molar-refractivity contribution in [2.45, 2.75) is 19.3 Å². The van der Waals surface area contributed by atoms with Gasteiger partial charge in [-0.2, -0.15) is 0 Å². The van der Waals surface area contributed by atoms with Crippen molar-refractivity contribution in [1.29, 1.82) is 0 Å². The van der Waals surface area contributed by atoms with Gasteiger partial charge >= 0.3 is 0 Å². The molecule has 0 N–H and O–H groups in total. The second kappa shape index (κ2) is 12.3. The van der Waals surface area contributed by atoms with Gasteiger partial charge in [0.25, 0.3) is 0 Å². The summed E-state index contributed by atoms with van der Waals surface area (Å²) in [5.74, 6) is 0. The average molecular weight is 680 g/mol. The van der Waals surface area contributed by atoms with Crippen LogP contribution in [0.4, 0.5) is 17.1 Å². The Labute approximate surface area is 310 Å². The number of fused-ring (bicyclic) bond motifs is 6. The molecule has 1 aliphatic rings. The first kappa shape index (κ1) is 31.1. The van der Waals surface area contributed by atoms with Crippen LogP contribution >= 0.6 is 0 Å². The van der Waals surface area contributed by atoms with Gasteiger partial charge in [0.05, 0.1) is 0 Å². The maximum absolute atomic E-state index is 6.47. The van der Waals surface area contributed by atoms with Crippen molar-refractivity contribution in [3.63, 3.8) is 0 Å². The molecule has 8 aromatic carbocycles. The molecule has 1 heterocycles. The van der Waals surface area contributed by atoms with E-state index in [-0.39, 0.29) is 5.41 Å². The summed E-state index contributed by atoms with van der Waals surface area (Å²) < 4.78 is 6.47. The highest BCUT2D eigenvalue weighted by Gasteiger charge is 2.35. The van der Waals surface area contributed by atoms with E-state index in [1.807, 2.05) is 6.07 Å². The number of hydrogen-bond acceptors (Lipinski definition) is 2. The van der Waals surface area contributed by atoms with Gasteiger partial charge in [-0.05, 0) is 98.6 Å². The van der Waals surface area contributed by atoms with Crippen LogP contribution in [0.15, 0.2) is 192 Å². The smallest absolute Gasteiger partial charge is 0.143 e. The summed E-state index contributed by atoms with van der Waals surface area (Å²) in [5.41, 5.74) is 17.5. The second-order valence-corrected chi connectivity index (χ2v) is 14.6. The Morgan fingerprint density at radius 2 is 0.925 bits per heavy atom. The third kappa shape index (κ3) is 5.18. The van der Waals surface area contributed by atoms with E-state index in [2.05, 4.69) is 201 Å². The van der Waals surface area contributed by atoms with Crippen LogP contribution in [0, 0.1) is 0 Å². The Bertz CT molecular complexity index is 2780. The summed E-state index contributed by atoms with van der Waals surface area (Å²) >= 11 is 0. The molecule has 0 spiro atoms. The first-order valence-electron chi connectivity index (χ1n) is 18.3. The first-order valence-corrected chi connectivity index (χ1v) is 18.3. The zero-order valence-corrected chi connectivity index (χ0v) is 29.8. The molecule has 0 saturated heterocycles. The molecule has 53 heavy (non-hydrogen) atoms. The summed E-state index contributed by atoms with van der Waals surface area (Å²) in [5, 5.41) is 2.26. The monoisotopic (exact) mass is 679 g/mol. The fraction of sp³-hybridized carbons (Fsp3) is 0.0588. The molecule has 9 aromatic rings. The predicted molar refractivity (Wildman–Crippen MR) is 222 cm³/mol. The van der Waals surface area contributed by atoms with Crippen LogP contribution in [0.1, 0.15) is 25.0 Å². The van der Waals surface area contributed by atoms with Gasteiger partial charge in [-0.25, -0.2) is 0 Å². The van der Waals surface area contributed by atoms with E-state index in [4.69, 9.17) is 4.42 Å². The van der Waals surface area contributed by atoms with E-state index >= 15 is 0 Å².